The summed E-state index contributed by atoms with van der Waals surface area (Å²) in [6.07, 6.45) is 3.80. The SMILES string of the molecule is CCNC(=NCCCN1CCOCC1)NCCc1c[nH]c2ccc(F)cc12.I. The number of H-pyrrole nitrogens is 1. The first-order valence-electron chi connectivity index (χ1n) is 9.84. The maximum atomic E-state index is 13.5. The van der Waals surface area contributed by atoms with Gasteiger partial charge in [0.15, 0.2) is 5.96 Å². The molecule has 28 heavy (non-hydrogen) atoms. The molecule has 1 saturated heterocycles. The number of aromatic nitrogens is 1. The quantitative estimate of drug-likeness (QED) is 0.225. The number of nitrogens with one attached hydrogen (secondary N) is 3. The predicted molar refractivity (Wildman–Crippen MR) is 123 cm³/mol. The van der Waals surface area contributed by atoms with Gasteiger partial charge < -0.3 is 20.4 Å². The third-order valence-electron chi connectivity index (χ3n) is 4.77. The van der Waals surface area contributed by atoms with E-state index < -0.39 is 0 Å². The maximum absolute atomic E-state index is 13.5. The Bertz CT molecular complexity index is 745. The summed E-state index contributed by atoms with van der Waals surface area (Å²) in [5.41, 5.74) is 2.08. The highest BCUT2D eigenvalue weighted by atomic mass is 127. The Hall–Kier alpha value is -1.39. The summed E-state index contributed by atoms with van der Waals surface area (Å²) in [6.45, 7) is 9.22. The molecule has 0 bridgehead atoms. The Morgan fingerprint density at radius 2 is 2.11 bits per heavy atom. The van der Waals surface area contributed by atoms with Gasteiger partial charge in [0.05, 0.1) is 13.2 Å². The molecule has 0 atom stereocenters. The van der Waals surface area contributed by atoms with Crippen molar-refractivity contribution in [1.29, 1.82) is 0 Å². The fraction of sp³-hybridized carbons (Fsp3) is 0.550. The smallest absolute Gasteiger partial charge is 0.191 e. The van der Waals surface area contributed by atoms with Crippen LogP contribution >= 0.6 is 24.0 Å². The van der Waals surface area contributed by atoms with E-state index in [0.717, 1.165) is 87.7 Å². The molecule has 0 spiro atoms. The van der Waals surface area contributed by atoms with Crippen LogP contribution in [0.2, 0.25) is 0 Å². The second kappa shape index (κ2) is 12.2. The molecule has 2 heterocycles. The molecule has 8 heteroatoms. The molecular weight excluding hydrogens is 472 g/mol. The second-order valence-corrected chi connectivity index (χ2v) is 6.75. The number of guanidine groups is 1. The molecule has 0 unspecified atom stereocenters. The number of nitrogens with zero attached hydrogens (tertiary/aromatic N) is 2. The van der Waals surface area contributed by atoms with E-state index in [4.69, 9.17) is 4.74 Å². The van der Waals surface area contributed by atoms with Crippen molar-refractivity contribution in [3.63, 3.8) is 0 Å². The highest BCUT2D eigenvalue weighted by Gasteiger charge is 2.09. The van der Waals surface area contributed by atoms with Crippen LogP contribution < -0.4 is 10.6 Å². The van der Waals surface area contributed by atoms with Crippen molar-refractivity contribution < 1.29 is 9.13 Å². The molecular formula is C20H31FIN5O. The summed E-state index contributed by atoms with van der Waals surface area (Å²) in [4.78, 5) is 10.3. The van der Waals surface area contributed by atoms with Gasteiger partial charge >= 0.3 is 0 Å². The lowest BCUT2D eigenvalue weighted by Crippen LogP contribution is -2.39. The van der Waals surface area contributed by atoms with Crippen molar-refractivity contribution in [3.05, 3.63) is 35.8 Å². The van der Waals surface area contributed by atoms with Gasteiger partial charge in [-0.3, -0.25) is 9.89 Å². The van der Waals surface area contributed by atoms with Crippen molar-refractivity contribution in [2.45, 2.75) is 19.8 Å². The van der Waals surface area contributed by atoms with E-state index >= 15 is 0 Å². The van der Waals surface area contributed by atoms with E-state index in [1.165, 1.54) is 6.07 Å². The Labute approximate surface area is 183 Å². The largest absolute Gasteiger partial charge is 0.379 e. The number of benzene rings is 1. The molecule has 3 rings (SSSR count). The van der Waals surface area contributed by atoms with Crippen LogP contribution in [0, 0.1) is 5.82 Å². The van der Waals surface area contributed by atoms with Crippen LogP contribution in [-0.4, -0.2) is 68.3 Å². The Kier molecular flexibility index (Phi) is 10.0. The molecule has 0 radical (unpaired) electrons. The number of fused-ring (bicyclic) bond motifs is 1. The number of aliphatic imine (C=N–C) groups is 1. The van der Waals surface area contributed by atoms with E-state index in [-0.39, 0.29) is 29.8 Å². The number of hydrogen-bond acceptors (Lipinski definition) is 3. The minimum absolute atomic E-state index is 0. The molecule has 2 aromatic rings. The minimum Gasteiger partial charge on any atom is -0.379 e. The molecule has 1 aliphatic rings. The van der Waals surface area contributed by atoms with Gasteiger partial charge in [0.2, 0.25) is 0 Å². The van der Waals surface area contributed by atoms with E-state index in [1.54, 1.807) is 12.1 Å². The summed E-state index contributed by atoms with van der Waals surface area (Å²) >= 11 is 0. The van der Waals surface area contributed by atoms with Gasteiger partial charge in [-0.05, 0) is 43.5 Å². The summed E-state index contributed by atoms with van der Waals surface area (Å²) in [7, 11) is 0. The lowest BCUT2D eigenvalue weighted by Gasteiger charge is -2.26. The summed E-state index contributed by atoms with van der Waals surface area (Å²) in [6, 6.07) is 4.85. The van der Waals surface area contributed by atoms with Crippen molar-refractivity contribution in [2.24, 2.45) is 4.99 Å². The van der Waals surface area contributed by atoms with E-state index in [2.05, 4.69) is 32.4 Å². The molecule has 1 fully saturated rings. The predicted octanol–water partition coefficient (Wildman–Crippen LogP) is 2.74. The Balaban J connectivity index is 0.00000280. The van der Waals surface area contributed by atoms with E-state index in [9.17, 15) is 4.39 Å². The minimum atomic E-state index is -0.202. The van der Waals surface area contributed by atoms with Crippen LogP contribution in [0.1, 0.15) is 18.9 Å². The molecule has 1 aromatic carbocycles. The van der Waals surface area contributed by atoms with Crippen molar-refractivity contribution in [3.8, 4) is 0 Å². The highest BCUT2D eigenvalue weighted by molar-refractivity contribution is 14.0. The van der Waals surface area contributed by atoms with Crippen LogP contribution in [0.3, 0.4) is 0 Å². The first kappa shape index (κ1) is 22.9. The van der Waals surface area contributed by atoms with Gasteiger partial charge in [-0.2, -0.15) is 0 Å². The lowest BCUT2D eigenvalue weighted by molar-refractivity contribution is 0.0377. The van der Waals surface area contributed by atoms with Gasteiger partial charge in [0.1, 0.15) is 5.82 Å². The molecule has 1 aliphatic heterocycles. The fourth-order valence-corrected chi connectivity index (χ4v) is 3.32. The number of morpholine rings is 1. The van der Waals surface area contributed by atoms with E-state index in [1.807, 2.05) is 6.20 Å². The second-order valence-electron chi connectivity index (χ2n) is 6.75. The van der Waals surface area contributed by atoms with Crippen molar-refractivity contribution in [1.82, 2.24) is 20.5 Å². The molecule has 3 N–H and O–H groups in total. The Morgan fingerprint density at radius 1 is 1.29 bits per heavy atom. The number of rotatable bonds is 8. The standard InChI is InChI=1S/C20H30FN5O.HI/c1-2-22-20(23-7-3-9-26-10-12-27-13-11-26)24-8-6-16-15-25-19-5-4-17(21)14-18(16)19;/h4-5,14-15,25H,2-3,6-13H2,1H3,(H2,22,23,24);1H. The van der Waals surface area contributed by atoms with Crippen LogP contribution in [-0.2, 0) is 11.2 Å². The van der Waals surface area contributed by atoms with Crippen LogP contribution in [0.15, 0.2) is 29.4 Å². The van der Waals surface area contributed by atoms with Crippen LogP contribution in [0.5, 0.6) is 0 Å². The molecule has 1 aromatic heterocycles. The number of ether oxygens (including phenoxy) is 1. The molecule has 6 nitrogen and oxygen atoms in total. The van der Waals surface area contributed by atoms with Crippen LogP contribution in [0.4, 0.5) is 4.39 Å². The van der Waals surface area contributed by atoms with Gasteiger partial charge in [0, 0.05) is 56.4 Å². The number of hydrogen-bond donors (Lipinski definition) is 3. The first-order valence-corrected chi connectivity index (χ1v) is 9.84. The van der Waals surface area contributed by atoms with Gasteiger partial charge in [-0.1, -0.05) is 0 Å². The zero-order valence-electron chi connectivity index (χ0n) is 16.5. The van der Waals surface area contributed by atoms with Crippen molar-refractivity contribution in [2.75, 3.05) is 52.5 Å². The lowest BCUT2D eigenvalue weighted by atomic mass is 10.1. The van der Waals surface area contributed by atoms with Crippen molar-refractivity contribution >= 4 is 40.8 Å². The third-order valence-corrected chi connectivity index (χ3v) is 4.77. The summed E-state index contributed by atoms with van der Waals surface area (Å²) in [5.74, 6) is 0.636. The molecule has 0 amide bonds. The zero-order chi connectivity index (χ0) is 18.9. The average Bonchev–Trinajstić information content (AvgIpc) is 3.08. The summed E-state index contributed by atoms with van der Waals surface area (Å²) in [5, 5.41) is 7.61. The van der Waals surface area contributed by atoms with E-state index in [0.29, 0.717) is 0 Å². The fourth-order valence-electron chi connectivity index (χ4n) is 3.32. The molecule has 156 valence electrons. The third kappa shape index (κ3) is 6.89. The summed E-state index contributed by atoms with van der Waals surface area (Å²) < 4.78 is 18.9. The number of aromatic amines is 1. The van der Waals surface area contributed by atoms with Gasteiger partial charge in [0.25, 0.3) is 0 Å². The highest BCUT2D eigenvalue weighted by Crippen LogP contribution is 2.19. The average molecular weight is 503 g/mol. The normalized spacial score (nSPS) is 15.4. The van der Waals surface area contributed by atoms with Gasteiger partial charge in [-0.15, -0.1) is 24.0 Å². The zero-order valence-corrected chi connectivity index (χ0v) is 18.8. The monoisotopic (exact) mass is 503 g/mol. The maximum Gasteiger partial charge on any atom is 0.191 e. The topological polar surface area (TPSA) is 64.7 Å². The Morgan fingerprint density at radius 3 is 2.89 bits per heavy atom. The first-order chi connectivity index (χ1) is 13.3. The van der Waals surface area contributed by atoms with Crippen LogP contribution in [0.25, 0.3) is 10.9 Å². The number of halogens is 2. The molecule has 0 aliphatic carbocycles. The molecule has 0 saturated carbocycles. The van der Waals surface area contributed by atoms with Gasteiger partial charge in [-0.25, -0.2) is 4.39 Å².